The Kier molecular flexibility index (Phi) is 3.20. The maximum absolute atomic E-state index is 6.46. The van der Waals surface area contributed by atoms with E-state index in [9.17, 15) is 0 Å². The minimum atomic E-state index is 0.129. The molecule has 1 aliphatic carbocycles. The van der Waals surface area contributed by atoms with Crippen LogP contribution < -0.4 is 10.1 Å². The van der Waals surface area contributed by atoms with Crippen LogP contribution in [0.1, 0.15) is 43.7 Å². The van der Waals surface area contributed by atoms with Gasteiger partial charge in [0.15, 0.2) is 0 Å². The van der Waals surface area contributed by atoms with Gasteiger partial charge in [-0.2, -0.15) is 0 Å². The fraction of sp³-hybridized carbons (Fsp3) is 0.647. The second-order valence-electron chi connectivity index (χ2n) is 6.54. The van der Waals surface area contributed by atoms with Gasteiger partial charge >= 0.3 is 0 Å². The predicted octanol–water partition coefficient (Wildman–Crippen LogP) is 2.73. The van der Waals surface area contributed by atoms with Crippen LogP contribution in [0.3, 0.4) is 0 Å². The third kappa shape index (κ3) is 2.13. The Balaban J connectivity index is 1.68. The van der Waals surface area contributed by atoms with Crippen molar-refractivity contribution in [1.82, 2.24) is 10.2 Å². The number of rotatable bonds is 1. The number of nitrogens with one attached hydrogen (secondary N) is 1. The van der Waals surface area contributed by atoms with Gasteiger partial charge in [-0.15, -0.1) is 0 Å². The first kappa shape index (κ1) is 12.7. The monoisotopic (exact) mass is 272 g/mol. The summed E-state index contributed by atoms with van der Waals surface area (Å²) in [6, 6.07) is 9.26. The van der Waals surface area contributed by atoms with Crippen LogP contribution in [-0.4, -0.2) is 36.7 Å². The molecule has 2 aliphatic heterocycles. The smallest absolute Gasteiger partial charge is 0.124 e. The van der Waals surface area contributed by atoms with Crippen LogP contribution in [0.4, 0.5) is 0 Å². The summed E-state index contributed by atoms with van der Waals surface area (Å²) in [5.74, 6) is 1.14. The Hall–Kier alpha value is -1.06. The summed E-state index contributed by atoms with van der Waals surface area (Å²) in [6.45, 7) is 4.56. The number of benzene rings is 1. The van der Waals surface area contributed by atoms with Crippen LogP contribution in [0.15, 0.2) is 24.3 Å². The van der Waals surface area contributed by atoms with E-state index in [1.165, 1.54) is 37.7 Å². The predicted molar refractivity (Wildman–Crippen MR) is 80.1 cm³/mol. The fourth-order valence-electron chi connectivity index (χ4n) is 4.23. The van der Waals surface area contributed by atoms with Crippen molar-refractivity contribution < 1.29 is 4.74 Å². The standard InChI is InChI=1S/C17H24N2O/c1-2-6-16-14(5-1)15(19-11-9-18-10-12-19)13-17(20-16)7-3-4-8-17/h1-2,5-6,15,18H,3-4,7-13H2. The van der Waals surface area contributed by atoms with Crippen molar-refractivity contribution in [2.45, 2.75) is 43.7 Å². The number of nitrogens with zero attached hydrogens (tertiary/aromatic N) is 1. The molecular weight excluding hydrogens is 248 g/mol. The molecule has 20 heavy (non-hydrogen) atoms. The number of fused-ring (bicyclic) bond motifs is 1. The van der Waals surface area contributed by atoms with E-state index in [0.717, 1.165) is 31.9 Å². The van der Waals surface area contributed by atoms with Gasteiger partial charge < -0.3 is 10.1 Å². The van der Waals surface area contributed by atoms with Crippen molar-refractivity contribution in [1.29, 1.82) is 0 Å². The lowest BCUT2D eigenvalue weighted by molar-refractivity contribution is 0.00408. The van der Waals surface area contributed by atoms with Gasteiger partial charge in [0.2, 0.25) is 0 Å². The molecule has 1 N–H and O–H groups in total. The molecule has 0 radical (unpaired) electrons. The molecule has 1 aromatic rings. The SMILES string of the molecule is c1ccc2c(c1)OC1(CCCC1)CC2N1CCNCC1. The Morgan fingerprint density at radius 2 is 1.85 bits per heavy atom. The van der Waals surface area contributed by atoms with Gasteiger partial charge in [0.05, 0.1) is 0 Å². The highest BCUT2D eigenvalue weighted by atomic mass is 16.5. The average molecular weight is 272 g/mol. The van der Waals surface area contributed by atoms with Gasteiger partial charge in [-0.1, -0.05) is 18.2 Å². The lowest BCUT2D eigenvalue weighted by Gasteiger charge is -2.45. The molecule has 108 valence electrons. The molecule has 1 atom stereocenters. The Morgan fingerprint density at radius 3 is 2.65 bits per heavy atom. The maximum Gasteiger partial charge on any atom is 0.124 e. The van der Waals surface area contributed by atoms with Gasteiger partial charge in [-0.3, -0.25) is 4.90 Å². The van der Waals surface area contributed by atoms with Crippen LogP contribution >= 0.6 is 0 Å². The summed E-state index contributed by atoms with van der Waals surface area (Å²) in [5.41, 5.74) is 1.54. The van der Waals surface area contributed by atoms with Gasteiger partial charge in [0.25, 0.3) is 0 Å². The normalized spacial score (nSPS) is 29.1. The van der Waals surface area contributed by atoms with Crippen molar-refractivity contribution in [2.24, 2.45) is 0 Å². The molecular formula is C17H24N2O. The van der Waals surface area contributed by atoms with E-state index < -0.39 is 0 Å². The lowest BCUT2D eigenvalue weighted by Crippen LogP contribution is -2.49. The zero-order valence-corrected chi connectivity index (χ0v) is 12.1. The molecule has 1 unspecified atom stereocenters. The minimum Gasteiger partial charge on any atom is -0.487 e. The summed E-state index contributed by atoms with van der Waals surface area (Å²) in [6.07, 6.45) is 6.32. The number of hydrogen-bond acceptors (Lipinski definition) is 3. The Bertz CT molecular complexity index is 476. The van der Waals surface area contributed by atoms with Crippen molar-refractivity contribution in [2.75, 3.05) is 26.2 Å². The van der Waals surface area contributed by atoms with Gasteiger partial charge in [0, 0.05) is 44.2 Å². The molecule has 0 aromatic heterocycles. The first-order valence-corrected chi connectivity index (χ1v) is 8.09. The maximum atomic E-state index is 6.46. The van der Waals surface area contributed by atoms with Crippen molar-refractivity contribution >= 4 is 0 Å². The summed E-state index contributed by atoms with van der Waals surface area (Å²) >= 11 is 0. The third-order valence-corrected chi connectivity index (χ3v) is 5.28. The van der Waals surface area contributed by atoms with E-state index in [2.05, 4.69) is 34.5 Å². The second-order valence-corrected chi connectivity index (χ2v) is 6.54. The molecule has 1 aromatic carbocycles. The molecule has 2 fully saturated rings. The van der Waals surface area contributed by atoms with Gasteiger partial charge in [-0.25, -0.2) is 0 Å². The molecule has 1 saturated carbocycles. The van der Waals surface area contributed by atoms with E-state index in [1.807, 2.05) is 0 Å². The zero-order valence-electron chi connectivity index (χ0n) is 12.1. The molecule has 3 aliphatic rings. The van der Waals surface area contributed by atoms with Crippen LogP contribution in [-0.2, 0) is 0 Å². The molecule has 3 nitrogen and oxygen atoms in total. The minimum absolute atomic E-state index is 0.129. The summed E-state index contributed by atoms with van der Waals surface area (Å²) < 4.78 is 6.46. The Labute approximate surface area is 121 Å². The van der Waals surface area contributed by atoms with E-state index in [1.54, 1.807) is 0 Å². The quantitative estimate of drug-likeness (QED) is 0.851. The number of ether oxygens (including phenoxy) is 1. The van der Waals surface area contributed by atoms with Crippen molar-refractivity contribution in [3.8, 4) is 5.75 Å². The van der Waals surface area contributed by atoms with Crippen LogP contribution in [0.5, 0.6) is 5.75 Å². The van der Waals surface area contributed by atoms with Crippen LogP contribution in [0.25, 0.3) is 0 Å². The third-order valence-electron chi connectivity index (χ3n) is 5.28. The molecule has 4 rings (SSSR count). The van der Waals surface area contributed by atoms with Crippen LogP contribution in [0, 0.1) is 0 Å². The van der Waals surface area contributed by atoms with E-state index in [4.69, 9.17) is 4.74 Å². The molecule has 1 spiro atoms. The first-order valence-electron chi connectivity index (χ1n) is 8.09. The van der Waals surface area contributed by atoms with Crippen molar-refractivity contribution in [3.05, 3.63) is 29.8 Å². The zero-order chi connectivity index (χ0) is 13.4. The van der Waals surface area contributed by atoms with E-state index in [0.29, 0.717) is 6.04 Å². The molecule has 0 amide bonds. The molecule has 2 heterocycles. The second kappa shape index (κ2) is 5.05. The molecule has 3 heteroatoms. The lowest BCUT2D eigenvalue weighted by atomic mass is 9.85. The fourth-order valence-corrected chi connectivity index (χ4v) is 4.23. The van der Waals surface area contributed by atoms with Crippen molar-refractivity contribution in [3.63, 3.8) is 0 Å². The number of hydrogen-bond donors (Lipinski definition) is 1. The molecule has 0 bridgehead atoms. The summed E-state index contributed by atoms with van der Waals surface area (Å²) in [4.78, 5) is 2.66. The van der Waals surface area contributed by atoms with Gasteiger partial charge in [0.1, 0.15) is 11.4 Å². The molecule has 1 saturated heterocycles. The first-order chi connectivity index (χ1) is 9.86. The van der Waals surface area contributed by atoms with E-state index >= 15 is 0 Å². The number of para-hydroxylation sites is 1. The average Bonchev–Trinajstić information content (AvgIpc) is 2.95. The topological polar surface area (TPSA) is 24.5 Å². The summed E-state index contributed by atoms with van der Waals surface area (Å²) in [7, 11) is 0. The van der Waals surface area contributed by atoms with Gasteiger partial charge in [-0.05, 0) is 31.7 Å². The highest BCUT2D eigenvalue weighted by molar-refractivity contribution is 5.39. The largest absolute Gasteiger partial charge is 0.487 e. The Morgan fingerprint density at radius 1 is 1.10 bits per heavy atom. The number of piperazine rings is 1. The highest BCUT2D eigenvalue weighted by Gasteiger charge is 2.44. The van der Waals surface area contributed by atoms with E-state index in [-0.39, 0.29) is 5.60 Å². The summed E-state index contributed by atoms with van der Waals surface area (Å²) in [5, 5.41) is 3.47. The highest BCUT2D eigenvalue weighted by Crippen LogP contribution is 2.48. The van der Waals surface area contributed by atoms with Crippen LogP contribution in [0.2, 0.25) is 0 Å².